The van der Waals surface area contributed by atoms with Crippen LogP contribution in [0.5, 0.6) is 0 Å². The molecule has 1 N–H and O–H groups in total. The van der Waals surface area contributed by atoms with Gasteiger partial charge in [-0.15, -0.1) is 0 Å². The summed E-state index contributed by atoms with van der Waals surface area (Å²) in [5.41, 5.74) is 2.18. The third-order valence-electron chi connectivity index (χ3n) is 6.37. The highest BCUT2D eigenvalue weighted by Gasteiger charge is 2.35. The van der Waals surface area contributed by atoms with Gasteiger partial charge in [0.1, 0.15) is 0 Å². The lowest BCUT2D eigenvalue weighted by atomic mass is 9.87. The SMILES string of the molecule is OC1(C2=CCCC(N3CCN(C4CCC4)CC3)=C2)CCCC1. The molecule has 4 rings (SSSR count). The minimum atomic E-state index is -0.514. The molecule has 22 heavy (non-hydrogen) atoms. The van der Waals surface area contributed by atoms with Crippen molar-refractivity contribution in [3.63, 3.8) is 0 Å². The van der Waals surface area contributed by atoms with Gasteiger partial charge in [-0.05, 0) is 50.2 Å². The summed E-state index contributed by atoms with van der Waals surface area (Å²) in [4.78, 5) is 5.28. The summed E-state index contributed by atoms with van der Waals surface area (Å²) in [7, 11) is 0. The smallest absolute Gasteiger partial charge is 0.0894 e. The van der Waals surface area contributed by atoms with Crippen LogP contribution in [0.1, 0.15) is 57.8 Å². The van der Waals surface area contributed by atoms with Crippen molar-refractivity contribution in [2.45, 2.75) is 69.4 Å². The first-order valence-corrected chi connectivity index (χ1v) is 9.37. The van der Waals surface area contributed by atoms with E-state index < -0.39 is 5.60 Å². The Labute approximate surface area is 134 Å². The van der Waals surface area contributed by atoms with Crippen molar-refractivity contribution in [1.82, 2.24) is 9.80 Å². The summed E-state index contributed by atoms with van der Waals surface area (Å²) in [5.74, 6) is 0. The van der Waals surface area contributed by atoms with Crippen molar-refractivity contribution < 1.29 is 5.11 Å². The van der Waals surface area contributed by atoms with Gasteiger partial charge in [0.25, 0.3) is 0 Å². The average Bonchev–Trinajstić information content (AvgIpc) is 2.95. The zero-order valence-electron chi connectivity index (χ0n) is 13.8. The molecule has 0 atom stereocenters. The second-order valence-corrected chi connectivity index (χ2v) is 7.68. The van der Waals surface area contributed by atoms with Crippen LogP contribution in [0, 0.1) is 0 Å². The molecule has 1 heterocycles. The lowest BCUT2D eigenvalue weighted by Gasteiger charge is -2.44. The van der Waals surface area contributed by atoms with Crippen LogP contribution in [-0.2, 0) is 0 Å². The number of nitrogens with zero attached hydrogens (tertiary/aromatic N) is 2. The van der Waals surface area contributed by atoms with Gasteiger partial charge in [-0.1, -0.05) is 25.3 Å². The van der Waals surface area contributed by atoms with Gasteiger partial charge in [-0.2, -0.15) is 0 Å². The van der Waals surface area contributed by atoms with E-state index in [4.69, 9.17) is 0 Å². The van der Waals surface area contributed by atoms with E-state index in [0.29, 0.717) is 0 Å². The van der Waals surface area contributed by atoms with Crippen molar-refractivity contribution >= 4 is 0 Å². The number of hydrogen-bond donors (Lipinski definition) is 1. The number of rotatable bonds is 3. The van der Waals surface area contributed by atoms with Gasteiger partial charge >= 0.3 is 0 Å². The van der Waals surface area contributed by atoms with Crippen LogP contribution in [-0.4, -0.2) is 52.7 Å². The highest BCUT2D eigenvalue weighted by atomic mass is 16.3. The average molecular weight is 302 g/mol. The summed E-state index contributed by atoms with van der Waals surface area (Å²) in [5, 5.41) is 10.8. The molecule has 0 bridgehead atoms. The number of allylic oxidation sites excluding steroid dienone is 2. The molecule has 0 radical (unpaired) electrons. The molecular formula is C19H30N2O. The standard InChI is InChI=1S/C19H30N2O/c22-19(9-1-2-10-19)16-5-3-8-18(15-16)21-13-11-20(12-14-21)17-6-4-7-17/h5,15,17,22H,1-4,6-14H2. The molecule has 122 valence electrons. The summed E-state index contributed by atoms with van der Waals surface area (Å²) in [6.45, 7) is 4.80. The predicted octanol–water partition coefficient (Wildman–Crippen LogP) is 3.07. The molecule has 3 fully saturated rings. The Morgan fingerprint density at radius 1 is 1.00 bits per heavy atom. The largest absolute Gasteiger partial charge is 0.385 e. The normalized spacial score (nSPS) is 30.0. The van der Waals surface area contributed by atoms with Gasteiger partial charge in [0.2, 0.25) is 0 Å². The third kappa shape index (κ3) is 2.74. The molecule has 0 aromatic heterocycles. The molecule has 0 aromatic carbocycles. The molecule has 1 saturated heterocycles. The van der Waals surface area contributed by atoms with Crippen LogP contribution >= 0.6 is 0 Å². The van der Waals surface area contributed by atoms with E-state index in [-0.39, 0.29) is 0 Å². The molecule has 3 heteroatoms. The molecule has 0 amide bonds. The molecule has 0 spiro atoms. The minimum Gasteiger partial charge on any atom is -0.385 e. The summed E-state index contributed by atoms with van der Waals surface area (Å²) >= 11 is 0. The quantitative estimate of drug-likeness (QED) is 0.868. The number of piperazine rings is 1. The second-order valence-electron chi connectivity index (χ2n) is 7.68. The van der Waals surface area contributed by atoms with E-state index in [9.17, 15) is 5.11 Å². The van der Waals surface area contributed by atoms with E-state index in [1.54, 1.807) is 0 Å². The fourth-order valence-corrected chi connectivity index (χ4v) is 4.63. The third-order valence-corrected chi connectivity index (χ3v) is 6.37. The minimum absolute atomic E-state index is 0.514. The Hall–Kier alpha value is -0.800. The lowest BCUT2D eigenvalue weighted by molar-refractivity contribution is 0.0716. The van der Waals surface area contributed by atoms with Crippen LogP contribution in [0.25, 0.3) is 0 Å². The molecule has 3 aliphatic carbocycles. The van der Waals surface area contributed by atoms with Crippen molar-refractivity contribution in [2.24, 2.45) is 0 Å². The second kappa shape index (κ2) is 6.01. The zero-order valence-corrected chi connectivity index (χ0v) is 13.8. The van der Waals surface area contributed by atoms with Crippen LogP contribution < -0.4 is 0 Å². The van der Waals surface area contributed by atoms with Gasteiger partial charge in [-0.3, -0.25) is 4.90 Å². The maximum absolute atomic E-state index is 10.8. The Morgan fingerprint density at radius 3 is 2.36 bits per heavy atom. The van der Waals surface area contributed by atoms with Crippen molar-refractivity contribution in [3.05, 3.63) is 23.4 Å². The summed E-state index contributed by atoms with van der Waals surface area (Å²) in [6, 6.07) is 0.886. The fourth-order valence-electron chi connectivity index (χ4n) is 4.63. The summed E-state index contributed by atoms with van der Waals surface area (Å²) in [6.07, 6.45) is 15.4. The zero-order chi connectivity index (χ0) is 15.0. The Balaban J connectivity index is 1.40. The van der Waals surface area contributed by atoms with Gasteiger partial charge in [0.05, 0.1) is 5.60 Å². The van der Waals surface area contributed by atoms with E-state index >= 15 is 0 Å². The Kier molecular flexibility index (Phi) is 4.04. The van der Waals surface area contributed by atoms with Crippen LogP contribution in [0.2, 0.25) is 0 Å². The van der Waals surface area contributed by atoms with E-state index in [0.717, 1.165) is 31.7 Å². The molecular weight excluding hydrogens is 272 g/mol. The van der Waals surface area contributed by atoms with Crippen molar-refractivity contribution in [2.75, 3.05) is 26.2 Å². The Bertz CT molecular complexity index is 464. The maximum atomic E-state index is 10.8. The van der Waals surface area contributed by atoms with Crippen molar-refractivity contribution in [3.8, 4) is 0 Å². The molecule has 0 unspecified atom stereocenters. The molecule has 0 aromatic rings. The highest BCUT2D eigenvalue weighted by Crippen LogP contribution is 2.39. The lowest BCUT2D eigenvalue weighted by Crippen LogP contribution is -2.51. The summed E-state index contributed by atoms with van der Waals surface area (Å²) < 4.78 is 0. The number of hydrogen-bond acceptors (Lipinski definition) is 3. The van der Waals surface area contributed by atoms with Crippen LogP contribution in [0.15, 0.2) is 23.4 Å². The molecule has 4 aliphatic rings. The molecule has 3 nitrogen and oxygen atoms in total. The van der Waals surface area contributed by atoms with Gasteiger partial charge in [-0.25, -0.2) is 0 Å². The van der Waals surface area contributed by atoms with Gasteiger partial charge in [0, 0.05) is 37.9 Å². The van der Waals surface area contributed by atoms with Gasteiger partial charge < -0.3 is 10.0 Å². The number of aliphatic hydroxyl groups is 1. The first kappa shape index (κ1) is 14.8. The molecule has 2 saturated carbocycles. The van der Waals surface area contributed by atoms with Crippen LogP contribution in [0.3, 0.4) is 0 Å². The van der Waals surface area contributed by atoms with Crippen LogP contribution in [0.4, 0.5) is 0 Å². The van der Waals surface area contributed by atoms with E-state index in [1.165, 1.54) is 69.6 Å². The highest BCUT2D eigenvalue weighted by molar-refractivity contribution is 5.35. The van der Waals surface area contributed by atoms with E-state index in [1.807, 2.05) is 0 Å². The Morgan fingerprint density at radius 2 is 1.73 bits per heavy atom. The first-order valence-electron chi connectivity index (χ1n) is 9.37. The first-order chi connectivity index (χ1) is 10.7. The topological polar surface area (TPSA) is 26.7 Å². The van der Waals surface area contributed by atoms with E-state index in [2.05, 4.69) is 22.0 Å². The maximum Gasteiger partial charge on any atom is 0.0894 e. The fraction of sp³-hybridized carbons (Fsp3) is 0.789. The van der Waals surface area contributed by atoms with Crippen molar-refractivity contribution in [1.29, 1.82) is 0 Å². The monoisotopic (exact) mass is 302 g/mol. The predicted molar refractivity (Wildman–Crippen MR) is 89.6 cm³/mol. The molecule has 1 aliphatic heterocycles. The van der Waals surface area contributed by atoms with Gasteiger partial charge in [0.15, 0.2) is 0 Å².